The van der Waals surface area contributed by atoms with Crippen molar-refractivity contribution in [3.8, 4) is 11.5 Å². The van der Waals surface area contributed by atoms with Crippen LogP contribution in [0.1, 0.15) is 18.4 Å². The first-order valence-corrected chi connectivity index (χ1v) is 10.1. The maximum Gasteiger partial charge on any atom is 0.223 e. The van der Waals surface area contributed by atoms with Gasteiger partial charge in [-0.3, -0.25) is 4.79 Å². The minimum Gasteiger partial charge on any atom is -0.490 e. The lowest BCUT2D eigenvalue weighted by Gasteiger charge is -2.35. The Morgan fingerprint density at radius 1 is 1.07 bits per heavy atom. The summed E-state index contributed by atoms with van der Waals surface area (Å²) in [5.41, 5.74) is 1.09. The lowest BCUT2D eigenvalue weighted by molar-refractivity contribution is -0.131. The minimum atomic E-state index is 0.180. The highest BCUT2D eigenvalue weighted by atomic mass is 35.5. The van der Waals surface area contributed by atoms with Gasteiger partial charge < -0.3 is 19.3 Å². The van der Waals surface area contributed by atoms with Gasteiger partial charge in [0.05, 0.1) is 18.2 Å². The average molecular weight is 402 g/mol. The molecule has 0 aliphatic carbocycles. The molecule has 2 aromatic rings. The molecule has 0 unspecified atom stereocenters. The van der Waals surface area contributed by atoms with E-state index in [1.54, 1.807) is 6.20 Å². The number of hydrogen-bond acceptors (Lipinski definition) is 5. The van der Waals surface area contributed by atoms with Gasteiger partial charge in [-0.1, -0.05) is 17.7 Å². The molecule has 1 fully saturated rings. The number of halogens is 1. The molecule has 0 atom stereocenters. The van der Waals surface area contributed by atoms with E-state index in [4.69, 9.17) is 21.1 Å². The molecular weight excluding hydrogens is 378 g/mol. The lowest BCUT2D eigenvalue weighted by atomic mass is 10.1. The Hall–Kier alpha value is -2.47. The molecule has 4 rings (SSSR count). The third-order valence-electron chi connectivity index (χ3n) is 5.11. The van der Waals surface area contributed by atoms with Crippen LogP contribution in [0.4, 0.5) is 5.82 Å². The number of carbonyl (C=O) groups excluding carboxylic acids is 1. The normalized spacial score (nSPS) is 16.6. The number of nitrogens with zero attached hydrogens (tertiary/aromatic N) is 3. The van der Waals surface area contributed by atoms with Crippen molar-refractivity contribution in [1.82, 2.24) is 9.88 Å². The second kappa shape index (κ2) is 8.69. The number of hydrogen-bond donors (Lipinski definition) is 0. The van der Waals surface area contributed by atoms with Gasteiger partial charge in [0.25, 0.3) is 0 Å². The smallest absolute Gasteiger partial charge is 0.223 e. The number of pyridine rings is 1. The first-order valence-electron chi connectivity index (χ1n) is 9.72. The molecule has 0 N–H and O–H groups in total. The Morgan fingerprint density at radius 3 is 2.64 bits per heavy atom. The van der Waals surface area contributed by atoms with Crippen LogP contribution in [0.25, 0.3) is 0 Å². The van der Waals surface area contributed by atoms with E-state index >= 15 is 0 Å². The van der Waals surface area contributed by atoms with E-state index in [0.717, 1.165) is 42.4 Å². The summed E-state index contributed by atoms with van der Waals surface area (Å²) in [4.78, 5) is 21.1. The number of aryl methyl sites for hydroxylation is 1. The van der Waals surface area contributed by atoms with E-state index in [-0.39, 0.29) is 5.91 Å². The minimum absolute atomic E-state index is 0.180. The Labute approximate surface area is 170 Å². The molecule has 1 saturated heterocycles. The highest BCUT2D eigenvalue weighted by molar-refractivity contribution is 6.32. The van der Waals surface area contributed by atoms with Crippen molar-refractivity contribution in [3.05, 3.63) is 47.1 Å². The molecule has 0 bridgehead atoms. The Kier molecular flexibility index (Phi) is 5.86. The number of rotatable bonds is 4. The number of fused-ring (bicyclic) bond motifs is 1. The molecule has 28 heavy (non-hydrogen) atoms. The van der Waals surface area contributed by atoms with E-state index in [1.807, 2.05) is 35.2 Å². The summed E-state index contributed by atoms with van der Waals surface area (Å²) < 4.78 is 11.4. The zero-order valence-corrected chi connectivity index (χ0v) is 16.5. The third kappa shape index (κ3) is 4.33. The van der Waals surface area contributed by atoms with Gasteiger partial charge in [0.15, 0.2) is 11.5 Å². The Bertz CT molecular complexity index is 837. The van der Waals surface area contributed by atoms with Crippen LogP contribution in [0.3, 0.4) is 0 Å². The quantitative estimate of drug-likeness (QED) is 0.787. The zero-order chi connectivity index (χ0) is 19.3. The van der Waals surface area contributed by atoms with Crippen molar-refractivity contribution >= 4 is 23.3 Å². The van der Waals surface area contributed by atoms with Crippen molar-refractivity contribution in [2.24, 2.45) is 0 Å². The maximum atomic E-state index is 12.6. The molecular formula is C21H24ClN3O3. The van der Waals surface area contributed by atoms with Crippen LogP contribution in [0.5, 0.6) is 11.5 Å². The van der Waals surface area contributed by atoms with Crippen LogP contribution < -0.4 is 14.4 Å². The molecule has 0 radical (unpaired) electrons. The van der Waals surface area contributed by atoms with Gasteiger partial charge in [0, 0.05) is 45.2 Å². The molecule has 148 valence electrons. The van der Waals surface area contributed by atoms with Crippen LogP contribution >= 0.6 is 11.6 Å². The van der Waals surface area contributed by atoms with Crippen molar-refractivity contribution < 1.29 is 14.3 Å². The molecule has 1 amide bonds. The number of amides is 1. The average Bonchev–Trinajstić information content (AvgIpc) is 2.97. The summed E-state index contributed by atoms with van der Waals surface area (Å²) in [6, 6.07) is 9.62. The SMILES string of the molecule is O=C(CCc1ccc2c(c1)OCCCO2)N1CCN(c2ncccc2Cl)CC1. The van der Waals surface area contributed by atoms with Gasteiger partial charge in [-0.15, -0.1) is 0 Å². The van der Waals surface area contributed by atoms with Gasteiger partial charge >= 0.3 is 0 Å². The number of carbonyl (C=O) groups is 1. The van der Waals surface area contributed by atoms with Gasteiger partial charge in [0.2, 0.25) is 5.91 Å². The van der Waals surface area contributed by atoms with E-state index in [0.29, 0.717) is 44.2 Å². The molecule has 6 nitrogen and oxygen atoms in total. The van der Waals surface area contributed by atoms with Crippen molar-refractivity contribution in [2.45, 2.75) is 19.3 Å². The van der Waals surface area contributed by atoms with Gasteiger partial charge in [0.1, 0.15) is 5.82 Å². The molecule has 2 aliphatic heterocycles. The molecule has 1 aromatic heterocycles. The topological polar surface area (TPSA) is 54.9 Å². The zero-order valence-electron chi connectivity index (χ0n) is 15.8. The monoisotopic (exact) mass is 401 g/mol. The molecule has 0 saturated carbocycles. The molecule has 7 heteroatoms. The number of ether oxygens (including phenoxy) is 2. The summed E-state index contributed by atoms with van der Waals surface area (Å²) in [7, 11) is 0. The fourth-order valence-electron chi connectivity index (χ4n) is 3.55. The standard InChI is InChI=1S/C21H24ClN3O3/c22-17-3-1-8-23-21(17)25-11-9-24(10-12-25)20(26)7-5-16-4-6-18-19(15-16)28-14-2-13-27-18/h1,3-4,6,8,15H,2,5,7,9-14H2. The molecule has 1 aromatic carbocycles. The Balaban J connectivity index is 1.29. The molecule has 3 heterocycles. The number of benzene rings is 1. The summed E-state index contributed by atoms with van der Waals surface area (Å²) in [6.45, 7) is 4.21. The van der Waals surface area contributed by atoms with E-state index in [2.05, 4.69) is 9.88 Å². The Morgan fingerprint density at radius 2 is 1.86 bits per heavy atom. The van der Waals surface area contributed by atoms with Gasteiger partial charge in [-0.2, -0.15) is 0 Å². The van der Waals surface area contributed by atoms with E-state index in [9.17, 15) is 4.79 Å². The van der Waals surface area contributed by atoms with Crippen LogP contribution in [0.15, 0.2) is 36.5 Å². The van der Waals surface area contributed by atoms with E-state index in [1.165, 1.54) is 0 Å². The summed E-state index contributed by atoms with van der Waals surface area (Å²) in [5.74, 6) is 2.54. The van der Waals surface area contributed by atoms with Gasteiger partial charge in [-0.25, -0.2) is 4.98 Å². The van der Waals surface area contributed by atoms with Crippen molar-refractivity contribution in [3.63, 3.8) is 0 Å². The van der Waals surface area contributed by atoms with Crippen LogP contribution in [0, 0.1) is 0 Å². The predicted molar refractivity (Wildman–Crippen MR) is 108 cm³/mol. The first-order chi connectivity index (χ1) is 13.7. The van der Waals surface area contributed by atoms with Crippen molar-refractivity contribution in [1.29, 1.82) is 0 Å². The third-order valence-corrected chi connectivity index (χ3v) is 5.41. The summed E-state index contributed by atoms with van der Waals surface area (Å²) in [6.07, 6.45) is 3.82. The fraction of sp³-hybridized carbons (Fsp3) is 0.429. The van der Waals surface area contributed by atoms with Crippen LogP contribution in [0.2, 0.25) is 5.02 Å². The fourth-order valence-corrected chi connectivity index (χ4v) is 3.79. The number of aromatic nitrogens is 1. The molecule has 0 spiro atoms. The summed E-state index contributed by atoms with van der Waals surface area (Å²) >= 11 is 6.23. The second-order valence-corrected chi connectivity index (χ2v) is 7.42. The lowest BCUT2D eigenvalue weighted by Crippen LogP contribution is -2.49. The number of piperazine rings is 1. The van der Waals surface area contributed by atoms with Crippen LogP contribution in [-0.4, -0.2) is 55.2 Å². The highest BCUT2D eigenvalue weighted by Gasteiger charge is 2.23. The number of anilines is 1. The highest BCUT2D eigenvalue weighted by Crippen LogP contribution is 2.31. The second-order valence-electron chi connectivity index (χ2n) is 7.01. The largest absolute Gasteiger partial charge is 0.490 e. The molecule has 2 aliphatic rings. The maximum absolute atomic E-state index is 12.6. The van der Waals surface area contributed by atoms with Crippen molar-refractivity contribution in [2.75, 3.05) is 44.3 Å². The first kappa shape index (κ1) is 18.9. The summed E-state index contributed by atoms with van der Waals surface area (Å²) in [5, 5.41) is 0.650. The van der Waals surface area contributed by atoms with Gasteiger partial charge in [-0.05, 0) is 36.2 Å². The van der Waals surface area contributed by atoms with E-state index < -0.39 is 0 Å². The van der Waals surface area contributed by atoms with Crippen LogP contribution in [-0.2, 0) is 11.2 Å². The predicted octanol–water partition coefficient (Wildman–Crippen LogP) is 3.18.